The van der Waals surface area contributed by atoms with E-state index in [4.69, 9.17) is 0 Å². The zero-order valence-corrected chi connectivity index (χ0v) is 11.7. The fourth-order valence-electron chi connectivity index (χ4n) is 1.94. The highest BCUT2D eigenvalue weighted by atomic mass is 19.4. The molecule has 0 aliphatic carbocycles. The third-order valence-corrected chi connectivity index (χ3v) is 3.13. The molecule has 1 heterocycles. The van der Waals surface area contributed by atoms with Gasteiger partial charge in [-0.1, -0.05) is 24.0 Å². The summed E-state index contributed by atoms with van der Waals surface area (Å²) in [5.41, 5.74) is -0.584. The quantitative estimate of drug-likeness (QED) is 0.636. The first kappa shape index (κ1) is 15.8. The Balaban J connectivity index is 2.18. The van der Waals surface area contributed by atoms with E-state index in [1.807, 2.05) is 0 Å². The van der Waals surface area contributed by atoms with Crippen LogP contribution in [0.5, 0.6) is 0 Å². The highest BCUT2D eigenvalue weighted by Gasteiger charge is 2.31. The van der Waals surface area contributed by atoms with Crippen molar-refractivity contribution in [2.75, 3.05) is 13.1 Å². The monoisotopic (exact) mass is 307 g/mol. The van der Waals surface area contributed by atoms with E-state index in [0.717, 1.165) is 12.1 Å². The van der Waals surface area contributed by atoms with Crippen molar-refractivity contribution in [2.45, 2.75) is 13.1 Å². The van der Waals surface area contributed by atoms with Gasteiger partial charge < -0.3 is 4.90 Å². The molecule has 0 fully saturated rings. The molecule has 3 nitrogen and oxygen atoms in total. The summed E-state index contributed by atoms with van der Waals surface area (Å²) in [5, 5.41) is 0. The van der Waals surface area contributed by atoms with Crippen LogP contribution in [0.1, 0.15) is 22.8 Å². The number of carbonyl (C=O) groups excluding carboxylic acids is 2. The van der Waals surface area contributed by atoms with Crippen LogP contribution in [0.3, 0.4) is 0 Å². The Morgan fingerprint density at radius 1 is 1.36 bits per heavy atom. The first-order valence-corrected chi connectivity index (χ1v) is 6.44. The first-order valence-electron chi connectivity index (χ1n) is 6.44. The fraction of sp³-hybridized carbons (Fsp3) is 0.250. The van der Waals surface area contributed by atoms with Gasteiger partial charge in [-0.15, -0.1) is 0 Å². The predicted molar refractivity (Wildman–Crippen MR) is 73.9 cm³/mol. The SMILES string of the molecule is CC1=CC#CCN(CC(=O)c2cccc(C(F)(F)F)c2)C1=O. The minimum absolute atomic E-state index is 0.0668. The number of hydrogen-bond donors (Lipinski definition) is 0. The molecule has 114 valence electrons. The zero-order valence-electron chi connectivity index (χ0n) is 11.7. The van der Waals surface area contributed by atoms with E-state index in [9.17, 15) is 22.8 Å². The van der Waals surface area contributed by atoms with E-state index >= 15 is 0 Å². The number of benzene rings is 1. The van der Waals surface area contributed by atoms with E-state index in [2.05, 4.69) is 11.8 Å². The maximum Gasteiger partial charge on any atom is 0.416 e. The summed E-state index contributed by atoms with van der Waals surface area (Å²) in [5.74, 6) is 4.44. The summed E-state index contributed by atoms with van der Waals surface area (Å²) in [6.07, 6.45) is -3.06. The van der Waals surface area contributed by atoms with Gasteiger partial charge in [0.25, 0.3) is 5.91 Å². The molecule has 0 aromatic heterocycles. The number of allylic oxidation sites excluding steroid dienone is 1. The molecule has 1 aromatic rings. The van der Waals surface area contributed by atoms with Crippen LogP contribution >= 0.6 is 0 Å². The average molecular weight is 307 g/mol. The van der Waals surface area contributed by atoms with Crippen LogP contribution in [0, 0.1) is 11.8 Å². The van der Waals surface area contributed by atoms with E-state index < -0.39 is 17.5 Å². The molecular weight excluding hydrogens is 295 g/mol. The number of halogens is 3. The minimum atomic E-state index is -4.51. The summed E-state index contributed by atoms with van der Waals surface area (Å²) in [7, 11) is 0. The number of nitrogens with zero attached hydrogens (tertiary/aromatic N) is 1. The van der Waals surface area contributed by atoms with Gasteiger partial charge in [0.1, 0.15) is 0 Å². The third kappa shape index (κ3) is 3.55. The Hall–Kier alpha value is -2.55. The number of alkyl halides is 3. The van der Waals surface area contributed by atoms with Crippen molar-refractivity contribution < 1.29 is 22.8 Å². The molecule has 1 amide bonds. The molecule has 1 aliphatic heterocycles. The average Bonchev–Trinajstić information content (AvgIpc) is 2.62. The molecule has 0 saturated heterocycles. The van der Waals surface area contributed by atoms with Crippen LogP contribution in [0.4, 0.5) is 13.2 Å². The van der Waals surface area contributed by atoms with Gasteiger partial charge in [0.2, 0.25) is 0 Å². The molecule has 0 N–H and O–H groups in total. The van der Waals surface area contributed by atoms with Gasteiger partial charge in [-0.05, 0) is 25.1 Å². The van der Waals surface area contributed by atoms with E-state index in [-0.39, 0.29) is 24.6 Å². The summed E-state index contributed by atoms with van der Waals surface area (Å²) in [6, 6.07) is 4.16. The van der Waals surface area contributed by atoms with Crippen molar-refractivity contribution in [2.24, 2.45) is 0 Å². The number of carbonyl (C=O) groups is 2. The highest BCUT2D eigenvalue weighted by Crippen LogP contribution is 2.29. The van der Waals surface area contributed by atoms with Gasteiger partial charge in [0.05, 0.1) is 18.7 Å². The van der Waals surface area contributed by atoms with Crippen LogP contribution in [-0.4, -0.2) is 29.7 Å². The molecule has 0 atom stereocenters. The van der Waals surface area contributed by atoms with Crippen LogP contribution in [0.15, 0.2) is 35.9 Å². The molecular formula is C16H12F3NO2. The number of rotatable bonds is 3. The van der Waals surface area contributed by atoms with Crippen molar-refractivity contribution in [1.29, 1.82) is 0 Å². The Labute approximate surface area is 125 Å². The third-order valence-electron chi connectivity index (χ3n) is 3.13. The fourth-order valence-corrected chi connectivity index (χ4v) is 1.94. The molecule has 2 rings (SSSR count). The van der Waals surface area contributed by atoms with Gasteiger partial charge in [0, 0.05) is 11.1 Å². The van der Waals surface area contributed by atoms with Crippen molar-refractivity contribution in [1.82, 2.24) is 4.90 Å². The van der Waals surface area contributed by atoms with E-state index in [1.165, 1.54) is 23.1 Å². The standard InChI is InChI=1S/C16H12F3NO2/c1-11-5-2-3-8-20(15(11)22)10-14(21)12-6-4-7-13(9-12)16(17,18)19/h4-7,9H,8,10H2,1H3. The maximum atomic E-state index is 12.7. The first-order chi connectivity index (χ1) is 10.3. The van der Waals surface area contributed by atoms with Gasteiger partial charge >= 0.3 is 6.18 Å². The molecule has 22 heavy (non-hydrogen) atoms. The van der Waals surface area contributed by atoms with Crippen molar-refractivity contribution in [3.8, 4) is 11.8 Å². The van der Waals surface area contributed by atoms with Gasteiger partial charge in [0.15, 0.2) is 5.78 Å². The summed E-state index contributed by atoms with van der Waals surface area (Å²) < 4.78 is 38.0. The van der Waals surface area contributed by atoms with Gasteiger partial charge in [-0.2, -0.15) is 13.2 Å². The molecule has 0 bridgehead atoms. The number of Topliss-reactive ketones (excluding diaryl/α,β-unsaturated/α-hetero) is 1. The van der Waals surface area contributed by atoms with Crippen LogP contribution in [0.25, 0.3) is 0 Å². The Kier molecular flexibility index (Phi) is 4.36. The molecule has 1 aromatic carbocycles. The number of ketones is 1. The lowest BCUT2D eigenvalue weighted by molar-refractivity contribution is -0.137. The second-order valence-corrected chi connectivity index (χ2v) is 4.81. The predicted octanol–water partition coefficient (Wildman–Crippen LogP) is 2.68. The van der Waals surface area contributed by atoms with Crippen LogP contribution in [0.2, 0.25) is 0 Å². The Bertz CT molecular complexity index is 708. The summed E-state index contributed by atoms with van der Waals surface area (Å²) in [6.45, 7) is 1.33. The number of amides is 1. The maximum absolute atomic E-state index is 12.7. The molecule has 0 unspecified atom stereocenters. The molecule has 0 radical (unpaired) electrons. The molecule has 1 aliphatic rings. The lowest BCUT2D eigenvalue weighted by atomic mass is 10.1. The summed E-state index contributed by atoms with van der Waals surface area (Å²) >= 11 is 0. The lowest BCUT2D eigenvalue weighted by Gasteiger charge is -2.19. The second kappa shape index (κ2) is 6.06. The van der Waals surface area contributed by atoms with E-state index in [1.54, 1.807) is 6.92 Å². The van der Waals surface area contributed by atoms with Crippen LogP contribution in [-0.2, 0) is 11.0 Å². The Morgan fingerprint density at radius 3 is 2.77 bits per heavy atom. The molecule has 0 saturated carbocycles. The van der Waals surface area contributed by atoms with Gasteiger partial charge in [-0.25, -0.2) is 0 Å². The second-order valence-electron chi connectivity index (χ2n) is 4.81. The largest absolute Gasteiger partial charge is 0.416 e. The van der Waals surface area contributed by atoms with E-state index in [0.29, 0.717) is 5.57 Å². The smallest absolute Gasteiger partial charge is 0.320 e. The zero-order chi connectivity index (χ0) is 16.3. The van der Waals surface area contributed by atoms with Crippen molar-refractivity contribution >= 4 is 11.7 Å². The normalized spacial score (nSPS) is 14.8. The molecule has 6 heteroatoms. The van der Waals surface area contributed by atoms with Crippen molar-refractivity contribution in [3.05, 3.63) is 47.0 Å². The van der Waals surface area contributed by atoms with Gasteiger partial charge in [-0.3, -0.25) is 9.59 Å². The highest BCUT2D eigenvalue weighted by molar-refractivity contribution is 6.02. The minimum Gasteiger partial charge on any atom is -0.320 e. The molecule has 0 spiro atoms. The Morgan fingerprint density at radius 2 is 2.09 bits per heavy atom. The summed E-state index contributed by atoms with van der Waals surface area (Å²) in [4.78, 5) is 25.3. The topological polar surface area (TPSA) is 37.4 Å². The number of hydrogen-bond acceptors (Lipinski definition) is 2. The van der Waals surface area contributed by atoms with Crippen molar-refractivity contribution in [3.63, 3.8) is 0 Å². The van der Waals surface area contributed by atoms with Crippen LogP contribution < -0.4 is 0 Å². The lowest BCUT2D eigenvalue weighted by Crippen LogP contribution is -2.36.